The van der Waals surface area contributed by atoms with Crippen LogP contribution >= 0.6 is 0 Å². The van der Waals surface area contributed by atoms with Crippen LogP contribution in [0, 0.1) is 0 Å². The predicted octanol–water partition coefficient (Wildman–Crippen LogP) is 0.498. The van der Waals surface area contributed by atoms with Gasteiger partial charge in [0.15, 0.2) is 0 Å². The lowest BCUT2D eigenvalue weighted by molar-refractivity contribution is -0.172. The zero-order chi connectivity index (χ0) is 14.0. The van der Waals surface area contributed by atoms with Gasteiger partial charge in [0.05, 0.1) is 7.11 Å². The van der Waals surface area contributed by atoms with E-state index in [1.165, 1.54) is 19.2 Å². The minimum absolute atomic E-state index is 0.0418. The van der Waals surface area contributed by atoms with E-state index in [9.17, 15) is 14.4 Å². The molecule has 2 N–H and O–H groups in total. The average Bonchev–Trinajstić information content (AvgIpc) is 2.70. The van der Waals surface area contributed by atoms with Gasteiger partial charge in [0.1, 0.15) is 11.3 Å². The lowest BCUT2D eigenvalue weighted by Crippen LogP contribution is -2.32. The largest absolute Gasteiger partial charge is 0.496 e. The van der Waals surface area contributed by atoms with Gasteiger partial charge in [-0.1, -0.05) is 0 Å². The van der Waals surface area contributed by atoms with Crippen molar-refractivity contribution in [1.29, 1.82) is 0 Å². The number of amides is 2. The second-order valence-electron chi connectivity index (χ2n) is 3.92. The number of carbonyl (C=O) groups excluding carboxylic acids is 3. The van der Waals surface area contributed by atoms with Gasteiger partial charge in [-0.05, 0) is 18.2 Å². The zero-order valence-electron chi connectivity index (χ0n) is 10.2. The molecular weight excluding hydrogens is 252 g/mol. The Hall–Kier alpha value is -2.57. The van der Waals surface area contributed by atoms with Crippen LogP contribution in [-0.4, -0.2) is 30.0 Å². The summed E-state index contributed by atoms with van der Waals surface area (Å²) in [5.74, 6) is -1.70. The SMILES string of the molecule is COc1ccc(N)cc1C(=O)ON1C(=O)CCC1=O. The van der Waals surface area contributed by atoms with Gasteiger partial charge in [-0.2, -0.15) is 0 Å². The minimum Gasteiger partial charge on any atom is -0.496 e. The average molecular weight is 264 g/mol. The fraction of sp³-hybridized carbons (Fsp3) is 0.250. The number of imide groups is 1. The van der Waals surface area contributed by atoms with Crippen molar-refractivity contribution < 1.29 is 24.0 Å². The van der Waals surface area contributed by atoms with E-state index in [-0.39, 0.29) is 24.2 Å². The van der Waals surface area contributed by atoms with Crippen LogP contribution in [0.5, 0.6) is 5.75 Å². The normalized spacial score (nSPS) is 14.7. The van der Waals surface area contributed by atoms with E-state index < -0.39 is 17.8 Å². The molecule has 0 aromatic heterocycles. The summed E-state index contributed by atoms with van der Waals surface area (Å²) >= 11 is 0. The number of anilines is 1. The van der Waals surface area contributed by atoms with Crippen molar-refractivity contribution >= 4 is 23.5 Å². The van der Waals surface area contributed by atoms with Gasteiger partial charge < -0.3 is 15.3 Å². The van der Waals surface area contributed by atoms with Crippen molar-refractivity contribution in [2.45, 2.75) is 12.8 Å². The molecule has 7 nitrogen and oxygen atoms in total. The molecule has 1 heterocycles. The third-order valence-corrected chi connectivity index (χ3v) is 2.62. The summed E-state index contributed by atoms with van der Waals surface area (Å²) in [7, 11) is 1.38. The summed E-state index contributed by atoms with van der Waals surface area (Å²) in [6.07, 6.45) is 0.0837. The lowest BCUT2D eigenvalue weighted by atomic mass is 10.2. The molecule has 1 aliphatic rings. The second kappa shape index (κ2) is 4.97. The molecule has 2 amide bonds. The monoisotopic (exact) mass is 264 g/mol. The van der Waals surface area contributed by atoms with Gasteiger partial charge in [-0.25, -0.2) is 4.79 Å². The molecule has 0 saturated carbocycles. The van der Waals surface area contributed by atoms with E-state index in [2.05, 4.69) is 0 Å². The van der Waals surface area contributed by atoms with E-state index in [1.54, 1.807) is 6.07 Å². The van der Waals surface area contributed by atoms with Crippen LogP contribution in [0.2, 0.25) is 0 Å². The molecule has 1 saturated heterocycles. The van der Waals surface area contributed by atoms with Crippen molar-refractivity contribution in [2.75, 3.05) is 12.8 Å². The molecule has 1 aliphatic heterocycles. The van der Waals surface area contributed by atoms with E-state index in [4.69, 9.17) is 15.3 Å². The minimum atomic E-state index is -0.868. The molecule has 2 rings (SSSR count). The lowest BCUT2D eigenvalue weighted by Gasteiger charge is -2.14. The Bertz CT molecular complexity index is 539. The Labute approximate surface area is 108 Å². The van der Waals surface area contributed by atoms with E-state index in [0.29, 0.717) is 10.8 Å². The van der Waals surface area contributed by atoms with Crippen LogP contribution in [0.1, 0.15) is 23.2 Å². The van der Waals surface area contributed by atoms with Crippen molar-refractivity contribution in [1.82, 2.24) is 5.06 Å². The highest BCUT2D eigenvalue weighted by atomic mass is 16.7. The number of nitrogens with zero attached hydrogens (tertiary/aromatic N) is 1. The number of hydrogen-bond donors (Lipinski definition) is 1. The number of ether oxygens (including phenoxy) is 1. The van der Waals surface area contributed by atoms with Crippen LogP contribution < -0.4 is 10.5 Å². The van der Waals surface area contributed by atoms with Gasteiger partial charge in [-0.15, -0.1) is 5.06 Å². The maximum atomic E-state index is 11.9. The molecule has 0 spiro atoms. The maximum Gasteiger partial charge on any atom is 0.367 e. The standard InChI is InChI=1S/C12H12N2O5/c1-18-9-3-2-7(13)6-8(9)12(17)19-14-10(15)4-5-11(14)16/h2-3,6H,4-5,13H2,1H3. The Balaban J connectivity index is 2.22. The molecular formula is C12H12N2O5. The molecule has 1 fully saturated rings. The van der Waals surface area contributed by atoms with Crippen molar-refractivity contribution in [2.24, 2.45) is 0 Å². The Morgan fingerprint density at radius 2 is 1.89 bits per heavy atom. The quantitative estimate of drug-likeness (QED) is 0.630. The first-order valence-electron chi connectivity index (χ1n) is 5.54. The van der Waals surface area contributed by atoms with E-state index >= 15 is 0 Å². The number of rotatable bonds is 3. The number of benzene rings is 1. The van der Waals surface area contributed by atoms with Gasteiger partial charge in [-0.3, -0.25) is 9.59 Å². The molecule has 7 heteroatoms. The van der Waals surface area contributed by atoms with Crippen molar-refractivity contribution in [3.63, 3.8) is 0 Å². The highest BCUT2D eigenvalue weighted by Crippen LogP contribution is 2.23. The molecule has 100 valence electrons. The summed E-state index contributed by atoms with van der Waals surface area (Å²) in [4.78, 5) is 39.4. The number of nitrogens with two attached hydrogens (primary N) is 1. The van der Waals surface area contributed by atoms with Crippen LogP contribution in [0.25, 0.3) is 0 Å². The van der Waals surface area contributed by atoms with Gasteiger partial charge in [0, 0.05) is 18.5 Å². The summed E-state index contributed by atoms with van der Waals surface area (Å²) < 4.78 is 4.99. The first-order chi connectivity index (χ1) is 9.02. The molecule has 0 radical (unpaired) electrons. The number of carbonyl (C=O) groups is 3. The first kappa shape index (κ1) is 12.9. The summed E-state index contributed by atoms with van der Waals surface area (Å²) in [5, 5.41) is 0.477. The predicted molar refractivity (Wildman–Crippen MR) is 63.9 cm³/mol. The van der Waals surface area contributed by atoms with Crippen LogP contribution in [0.4, 0.5) is 5.69 Å². The third-order valence-electron chi connectivity index (χ3n) is 2.62. The van der Waals surface area contributed by atoms with E-state index in [0.717, 1.165) is 0 Å². The molecule has 0 atom stereocenters. The fourth-order valence-electron chi connectivity index (χ4n) is 1.68. The molecule has 0 unspecified atom stereocenters. The van der Waals surface area contributed by atoms with Gasteiger partial charge in [0.25, 0.3) is 11.8 Å². The first-order valence-corrected chi connectivity index (χ1v) is 5.54. The van der Waals surface area contributed by atoms with Crippen LogP contribution in [0.3, 0.4) is 0 Å². The van der Waals surface area contributed by atoms with Crippen molar-refractivity contribution in [3.8, 4) is 5.75 Å². The molecule has 19 heavy (non-hydrogen) atoms. The smallest absolute Gasteiger partial charge is 0.367 e. The summed E-state index contributed by atoms with van der Waals surface area (Å²) in [5.41, 5.74) is 5.96. The highest BCUT2D eigenvalue weighted by molar-refractivity contribution is 6.03. The van der Waals surface area contributed by atoms with E-state index in [1.807, 2.05) is 0 Å². The Kier molecular flexibility index (Phi) is 3.37. The third kappa shape index (κ3) is 2.49. The number of hydroxylamine groups is 2. The van der Waals surface area contributed by atoms with Gasteiger partial charge >= 0.3 is 5.97 Å². The molecule has 1 aromatic carbocycles. The van der Waals surface area contributed by atoms with Gasteiger partial charge in [0.2, 0.25) is 0 Å². The fourth-order valence-corrected chi connectivity index (χ4v) is 1.68. The topological polar surface area (TPSA) is 98.9 Å². The summed E-state index contributed by atoms with van der Waals surface area (Å²) in [6.45, 7) is 0. The van der Waals surface area contributed by atoms with Crippen LogP contribution in [-0.2, 0) is 14.4 Å². The number of hydrogen-bond acceptors (Lipinski definition) is 6. The molecule has 1 aromatic rings. The van der Waals surface area contributed by atoms with Crippen LogP contribution in [0.15, 0.2) is 18.2 Å². The Morgan fingerprint density at radius 1 is 1.26 bits per heavy atom. The molecule has 0 aliphatic carbocycles. The Morgan fingerprint density at radius 3 is 2.47 bits per heavy atom. The number of methoxy groups -OCH3 is 1. The molecule has 0 bridgehead atoms. The number of nitrogen functional groups attached to an aromatic ring is 1. The summed E-state index contributed by atoms with van der Waals surface area (Å²) in [6, 6.07) is 4.41. The zero-order valence-corrected chi connectivity index (χ0v) is 10.2. The maximum absolute atomic E-state index is 11.9. The highest BCUT2D eigenvalue weighted by Gasteiger charge is 2.33. The van der Waals surface area contributed by atoms with Crippen molar-refractivity contribution in [3.05, 3.63) is 23.8 Å². The second-order valence-corrected chi connectivity index (χ2v) is 3.92.